The number of nitriles is 1. The maximum absolute atomic E-state index is 12.6. The van der Waals surface area contributed by atoms with Crippen LogP contribution in [0.4, 0.5) is 0 Å². The lowest BCUT2D eigenvalue weighted by atomic mass is 10.0. The van der Waals surface area contributed by atoms with Crippen molar-refractivity contribution in [3.63, 3.8) is 0 Å². The average Bonchev–Trinajstić information content (AvgIpc) is 3.16. The minimum Gasteiger partial charge on any atom is -0.348 e. The van der Waals surface area contributed by atoms with Crippen molar-refractivity contribution in [2.45, 2.75) is 51.7 Å². The van der Waals surface area contributed by atoms with Gasteiger partial charge in [-0.3, -0.25) is 14.2 Å². The number of hydrogen-bond acceptors (Lipinski definition) is 4. The highest BCUT2D eigenvalue weighted by Crippen LogP contribution is 2.18. The van der Waals surface area contributed by atoms with E-state index in [1.165, 1.54) is 4.57 Å². The third kappa shape index (κ3) is 3.70. The summed E-state index contributed by atoms with van der Waals surface area (Å²) >= 11 is 0. The van der Waals surface area contributed by atoms with Gasteiger partial charge in [0.05, 0.1) is 6.04 Å². The predicted molar refractivity (Wildman–Crippen MR) is 100 cm³/mol. The van der Waals surface area contributed by atoms with E-state index in [-0.39, 0.29) is 18.2 Å². The average molecular weight is 366 g/mol. The van der Waals surface area contributed by atoms with E-state index in [0.29, 0.717) is 25.1 Å². The van der Waals surface area contributed by atoms with Crippen molar-refractivity contribution in [2.24, 2.45) is 0 Å². The zero-order valence-electron chi connectivity index (χ0n) is 15.3. The molecule has 1 atom stereocenters. The Labute approximate surface area is 156 Å². The van der Waals surface area contributed by atoms with E-state index < -0.39 is 17.2 Å². The number of carbonyl (C=O) groups is 1. The Balaban J connectivity index is 1.87. The zero-order chi connectivity index (χ0) is 19.4. The molecule has 7 nitrogen and oxygen atoms in total. The molecule has 7 heteroatoms. The molecule has 1 aromatic carbocycles. The summed E-state index contributed by atoms with van der Waals surface area (Å²) in [5.74, 6) is -0.418. The van der Waals surface area contributed by atoms with Gasteiger partial charge in [0.15, 0.2) is 0 Å². The molecule has 1 amide bonds. The third-order valence-electron chi connectivity index (χ3n) is 4.86. The van der Waals surface area contributed by atoms with E-state index in [1.54, 1.807) is 0 Å². The molecule has 2 aromatic rings. The first kappa shape index (κ1) is 18.6. The number of fused-ring (bicyclic) bond motifs is 1. The lowest BCUT2D eigenvalue weighted by molar-refractivity contribution is -0.122. The van der Waals surface area contributed by atoms with Gasteiger partial charge in [0.25, 0.3) is 5.56 Å². The first-order chi connectivity index (χ1) is 13.1. The number of aromatic nitrogens is 2. The molecule has 0 radical (unpaired) electrons. The predicted octanol–water partition coefficient (Wildman–Crippen LogP) is 1.49. The second kappa shape index (κ2) is 8.04. The van der Waals surface area contributed by atoms with Gasteiger partial charge in [-0.1, -0.05) is 43.7 Å². The summed E-state index contributed by atoms with van der Waals surface area (Å²) in [6.07, 6.45) is 2.87. The Kier molecular flexibility index (Phi) is 5.55. The Bertz CT molecular complexity index is 999. The highest BCUT2D eigenvalue weighted by molar-refractivity contribution is 5.76. The zero-order valence-corrected chi connectivity index (χ0v) is 15.3. The first-order valence-corrected chi connectivity index (χ1v) is 9.17. The van der Waals surface area contributed by atoms with Crippen molar-refractivity contribution in [1.29, 1.82) is 5.26 Å². The summed E-state index contributed by atoms with van der Waals surface area (Å²) in [6, 6.07) is 11.3. The van der Waals surface area contributed by atoms with Crippen molar-refractivity contribution in [3.05, 3.63) is 68.0 Å². The molecule has 0 bridgehead atoms. The van der Waals surface area contributed by atoms with Crippen LogP contribution in [0.25, 0.3) is 0 Å². The van der Waals surface area contributed by atoms with Gasteiger partial charge in [-0.25, -0.2) is 9.36 Å². The van der Waals surface area contributed by atoms with Crippen LogP contribution < -0.4 is 16.6 Å². The van der Waals surface area contributed by atoms with E-state index >= 15 is 0 Å². The van der Waals surface area contributed by atoms with Crippen molar-refractivity contribution in [1.82, 2.24) is 14.5 Å². The number of carbonyl (C=O) groups excluding carboxylic acids is 1. The molecule has 1 aliphatic heterocycles. The van der Waals surface area contributed by atoms with Crippen LogP contribution in [0.5, 0.6) is 0 Å². The smallest absolute Gasteiger partial charge is 0.331 e. The number of hydrogen-bond donors (Lipinski definition) is 1. The summed E-state index contributed by atoms with van der Waals surface area (Å²) in [7, 11) is 0. The summed E-state index contributed by atoms with van der Waals surface area (Å²) in [4.78, 5) is 37.7. The lowest BCUT2D eigenvalue weighted by Gasteiger charge is -2.19. The minimum atomic E-state index is -0.683. The van der Waals surface area contributed by atoms with Crippen molar-refractivity contribution >= 4 is 5.91 Å². The maximum Gasteiger partial charge on any atom is 0.331 e. The second-order valence-corrected chi connectivity index (χ2v) is 6.68. The van der Waals surface area contributed by atoms with Gasteiger partial charge in [-0.2, -0.15) is 5.26 Å². The fourth-order valence-corrected chi connectivity index (χ4v) is 3.57. The summed E-state index contributed by atoms with van der Waals surface area (Å²) in [5.41, 5.74) is 0.222. The monoisotopic (exact) mass is 366 g/mol. The van der Waals surface area contributed by atoms with Crippen LogP contribution in [0.3, 0.4) is 0 Å². The summed E-state index contributed by atoms with van der Waals surface area (Å²) in [6.45, 7) is 2.10. The van der Waals surface area contributed by atoms with E-state index in [1.807, 2.05) is 43.3 Å². The van der Waals surface area contributed by atoms with Crippen molar-refractivity contribution in [2.75, 3.05) is 0 Å². The SMILES string of the molecule is CCC[C@@H](NC(=O)Cn1c(=O)c(C#N)c2n(c1=O)CCC2)c1ccccc1. The van der Waals surface area contributed by atoms with Crippen LogP contribution in [-0.4, -0.2) is 15.0 Å². The fourth-order valence-electron chi connectivity index (χ4n) is 3.57. The van der Waals surface area contributed by atoms with Crippen LogP contribution in [-0.2, 0) is 24.3 Å². The Morgan fingerprint density at radius 1 is 1.30 bits per heavy atom. The standard InChI is InChI=1S/C20H22N4O3/c1-2-7-16(14-8-4-3-5-9-14)22-18(25)13-24-19(26)15(12-21)17-10-6-11-23(17)20(24)27/h3-5,8-9,16H,2,6-7,10-11,13H2,1H3,(H,22,25)/t16-/m1/s1. The Morgan fingerprint density at radius 3 is 2.70 bits per heavy atom. The molecule has 1 aliphatic rings. The van der Waals surface area contributed by atoms with Crippen LogP contribution in [0, 0.1) is 11.3 Å². The van der Waals surface area contributed by atoms with Crippen molar-refractivity contribution in [3.8, 4) is 6.07 Å². The molecule has 1 aromatic heterocycles. The number of amides is 1. The molecule has 3 rings (SSSR count). The Morgan fingerprint density at radius 2 is 2.04 bits per heavy atom. The fraction of sp³-hybridized carbons (Fsp3) is 0.400. The van der Waals surface area contributed by atoms with Gasteiger partial charge in [0.1, 0.15) is 18.2 Å². The van der Waals surface area contributed by atoms with Gasteiger partial charge < -0.3 is 5.32 Å². The molecule has 0 spiro atoms. The second-order valence-electron chi connectivity index (χ2n) is 6.68. The lowest BCUT2D eigenvalue weighted by Crippen LogP contribution is -2.45. The molecule has 27 heavy (non-hydrogen) atoms. The highest BCUT2D eigenvalue weighted by Gasteiger charge is 2.24. The number of rotatable bonds is 6. The molecule has 0 saturated carbocycles. The van der Waals surface area contributed by atoms with Crippen LogP contribution in [0.15, 0.2) is 39.9 Å². The molecular formula is C20H22N4O3. The quantitative estimate of drug-likeness (QED) is 0.837. The molecule has 1 N–H and O–H groups in total. The summed E-state index contributed by atoms with van der Waals surface area (Å²) in [5, 5.41) is 12.2. The third-order valence-corrected chi connectivity index (χ3v) is 4.86. The van der Waals surface area contributed by atoms with Gasteiger partial charge in [0, 0.05) is 12.2 Å². The normalized spacial score (nSPS) is 13.6. The number of benzene rings is 1. The van der Waals surface area contributed by atoms with E-state index in [2.05, 4.69) is 5.32 Å². The van der Waals surface area contributed by atoms with E-state index in [9.17, 15) is 19.6 Å². The molecule has 0 aliphatic carbocycles. The minimum absolute atomic E-state index is 0.0342. The summed E-state index contributed by atoms with van der Waals surface area (Å²) < 4.78 is 2.31. The van der Waals surface area contributed by atoms with Gasteiger partial charge >= 0.3 is 5.69 Å². The van der Waals surface area contributed by atoms with Crippen LogP contribution in [0.1, 0.15) is 49.0 Å². The molecule has 0 unspecified atom stereocenters. The van der Waals surface area contributed by atoms with Crippen LogP contribution >= 0.6 is 0 Å². The van der Waals surface area contributed by atoms with E-state index in [0.717, 1.165) is 23.0 Å². The highest BCUT2D eigenvalue weighted by atomic mass is 16.2. The van der Waals surface area contributed by atoms with Gasteiger partial charge in [0.2, 0.25) is 5.91 Å². The van der Waals surface area contributed by atoms with Gasteiger partial charge in [-0.05, 0) is 24.8 Å². The topological polar surface area (TPSA) is 96.9 Å². The van der Waals surface area contributed by atoms with Gasteiger partial charge in [-0.15, -0.1) is 0 Å². The molecule has 2 heterocycles. The molecule has 0 saturated heterocycles. The Hall–Kier alpha value is -3.14. The largest absolute Gasteiger partial charge is 0.348 e. The van der Waals surface area contributed by atoms with Crippen LogP contribution in [0.2, 0.25) is 0 Å². The maximum atomic E-state index is 12.6. The first-order valence-electron chi connectivity index (χ1n) is 9.17. The molecule has 140 valence electrons. The number of nitrogens with zero attached hydrogens (tertiary/aromatic N) is 3. The van der Waals surface area contributed by atoms with Crippen molar-refractivity contribution < 1.29 is 4.79 Å². The van der Waals surface area contributed by atoms with E-state index in [4.69, 9.17) is 0 Å². The number of nitrogens with one attached hydrogen (secondary N) is 1. The molecular weight excluding hydrogens is 344 g/mol. The molecule has 0 fully saturated rings.